The van der Waals surface area contributed by atoms with Crippen LogP contribution >= 0.6 is 0 Å². The summed E-state index contributed by atoms with van der Waals surface area (Å²) in [4.78, 5) is 10.6. The van der Waals surface area contributed by atoms with Crippen molar-refractivity contribution in [3.63, 3.8) is 0 Å². The third-order valence-electron chi connectivity index (χ3n) is 1.66. The van der Waals surface area contributed by atoms with Gasteiger partial charge in [0.2, 0.25) is 0 Å². The van der Waals surface area contributed by atoms with Gasteiger partial charge < -0.3 is 15.2 Å². The number of hydrogen-bond acceptors (Lipinski definition) is 4. The van der Waals surface area contributed by atoms with E-state index in [2.05, 4.69) is 9.47 Å². The molecule has 1 aliphatic rings. The van der Waals surface area contributed by atoms with Crippen LogP contribution in [0.1, 0.15) is 0 Å². The van der Waals surface area contributed by atoms with Crippen LogP contribution in [0, 0.1) is 0 Å². The molecule has 1 aliphatic carbocycles. The van der Waals surface area contributed by atoms with E-state index in [1.165, 1.54) is 0 Å². The summed E-state index contributed by atoms with van der Waals surface area (Å²) in [5.74, 6) is -3.55. The van der Waals surface area contributed by atoms with E-state index in [9.17, 15) is 13.6 Å². The third-order valence-corrected chi connectivity index (χ3v) is 1.66. The van der Waals surface area contributed by atoms with Gasteiger partial charge >= 0.3 is 6.16 Å². The van der Waals surface area contributed by atoms with Crippen LogP contribution < -0.4 is 5.73 Å². The fraction of sp³-hybridized carbons (Fsp3) is 0.375. The van der Waals surface area contributed by atoms with Crippen molar-refractivity contribution >= 4 is 6.16 Å². The Hall–Kier alpha value is -1.43. The van der Waals surface area contributed by atoms with Gasteiger partial charge in [-0.25, -0.2) is 9.18 Å². The van der Waals surface area contributed by atoms with Crippen molar-refractivity contribution in [3.05, 3.63) is 24.1 Å². The predicted octanol–water partition coefficient (Wildman–Crippen LogP) is 1.19. The van der Waals surface area contributed by atoms with Crippen molar-refractivity contribution in [3.8, 4) is 0 Å². The summed E-state index contributed by atoms with van der Waals surface area (Å²) < 4.78 is 34.6. The molecular weight excluding hydrogens is 196 g/mol. The summed E-state index contributed by atoms with van der Waals surface area (Å²) in [5.41, 5.74) is 5.27. The molecule has 78 valence electrons. The first kappa shape index (κ1) is 10.6. The zero-order valence-electron chi connectivity index (χ0n) is 7.37. The minimum atomic E-state index is -2.69. The van der Waals surface area contributed by atoms with E-state index < -0.39 is 23.9 Å². The van der Waals surface area contributed by atoms with Crippen molar-refractivity contribution < 1.29 is 23.0 Å². The molecule has 0 saturated carbocycles. The van der Waals surface area contributed by atoms with E-state index in [-0.39, 0.29) is 0 Å². The van der Waals surface area contributed by atoms with Crippen LogP contribution in [0.5, 0.6) is 0 Å². The van der Waals surface area contributed by atoms with Gasteiger partial charge in [0.05, 0.1) is 13.2 Å². The van der Waals surface area contributed by atoms with Gasteiger partial charge in [0.1, 0.15) is 5.83 Å². The second kappa shape index (κ2) is 3.75. The second-order valence-electron chi connectivity index (χ2n) is 2.67. The average molecular weight is 205 g/mol. The van der Waals surface area contributed by atoms with E-state index in [4.69, 9.17) is 5.73 Å². The van der Waals surface area contributed by atoms with Gasteiger partial charge in [0.25, 0.3) is 5.85 Å². The molecule has 2 N–H and O–H groups in total. The molecule has 4 nitrogen and oxygen atoms in total. The van der Waals surface area contributed by atoms with Crippen molar-refractivity contribution in [2.24, 2.45) is 5.73 Å². The second-order valence-corrected chi connectivity index (χ2v) is 2.67. The van der Waals surface area contributed by atoms with Gasteiger partial charge in [-0.3, -0.25) is 0 Å². The normalized spacial score (nSPS) is 30.9. The lowest BCUT2D eigenvalue weighted by molar-refractivity contribution is -0.0888. The molecule has 0 aliphatic heterocycles. The smallest absolute Gasteiger partial charge is 0.438 e. The predicted molar refractivity (Wildman–Crippen MR) is 43.6 cm³/mol. The summed E-state index contributed by atoms with van der Waals surface area (Å²) >= 11 is 0. The highest BCUT2D eigenvalue weighted by atomic mass is 19.2. The zero-order chi connectivity index (χ0) is 10.8. The molecule has 1 rings (SSSR count). The lowest BCUT2D eigenvalue weighted by atomic mass is 10.0. The Balaban J connectivity index is 2.82. The van der Waals surface area contributed by atoms with E-state index >= 15 is 0 Å². The number of rotatable bonds is 1. The van der Waals surface area contributed by atoms with Crippen molar-refractivity contribution in [1.29, 1.82) is 0 Å². The van der Waals surface area contributed by atoms with Gasteiger partial charge in [-0.05, 0) is 6.08 Å². The Labute approximate surface area is 79.0 Å². The molecule has 0 saturated heterocycles. The monoisotopic (exact) mass is 205 g/mol. The molecule has 0 heterocycles. The fourth-order valence-corrected chi connectivity index (χ4v) is 0.926. The molecule has 14 heavy (non-hydrogen) atoms. The van der Waals surface area contributed by atoms with Gasteiger partial charge in [-0.2, -0.15) is 4.39 Å². The molecule has 2 unspecified atom stereocenters. The SMILES string of the molecule is COC(=O)OC1(F)C=C(F)C=CC1N. The van der Waals surface area contributed by atoms with E-state index in [1.54, 1.807) is 0 Å². The fourth-order valence-electron chi connectivity index (χ4n) is 0.926. The first-order valence-corrected chi connectivity index (χ1v) is 3.76. The summed E-state index contributed by atoms with van der Waals surface area (Å²) in [6, 6.07) is -1.25. The number of methoxy groups -OCH3 is 1. The lowest BCUT2D eigenvalue weighted by Gasteiger charge is -2.27. The average Bonchev–Trinajstić information content (AvgIpc) is 2.11. The molecular formula is C8H9F2NO3. The largest absolute Gasteiger partial charge is 0.511 e. The molecule has 0 fully saturated rings. The molecule has 0 spiro atoms. The summed E-state index contributed by atoms with van der Waals surface area (Å²) in [6.45, 7) is 0. The van der Waals surface area contributed by atoms with Gasteiger partial charge in [-0.1, -0.05) is 6.08 Å². The maximum absolute atomic E-state index is 13.6. The highest BCUT2D eigenvalue weighted by Gasteiger charge is 2.40. The molecule has 0 amide bonds. The third kappa shape index (κ3) is 2.08. The Bertz CT molecular complexity index is 303. The van der Waals surface area contributed by atoms with Crippen LogP contribution in [0.4, 0.5) is 13.6 Å². The number of carbonyl (C=O) groups excluding carboxylic acids is 1. The Morgan fingerprint density at radius 1 is 1.71 bits per heavy atom. The number of allylic oxidation sites excluding steroid dienone is 2. The first-order valence-electron chi connectivity index (χ1n) is 3.76. The van der Waals surface area contributed by atoms with Crippen LogP contribution in [0.3, 0.4) is 0 Å². The molecule has 6 heteroatoms. The number of nitrogens with two attached hydrogens (primary N) is 1. The molecule has 0 bridgehead atoms. The maximum Gasteiger partial charge on any atom is 0.511 e. The van der Waals surface area contributed by atoms with Gasteiger partial charge in [0.15, 0.2) is 0 Å². The Morgan fingerprint density at radius 3 is 2.93 bits per heavy atom. The van der Waals surface area contributed by atoms with Crippen molar-refractivity contribution in [2.75, 3.05) is 7.11 Å². The van der Waals surface area contributed by atoms with Crippen LogP contribution in [0.2, 0.25) is 0 Å². The quantitative estimate of drug-likeness (QED) is 0.653. The summed E-state index contributed by atoms with van der Waals surface area (Å²) in [7, 11) is 1.01. The number of carbonyl (C=O) groups is 1. The minimum absolute atomic E-state index is 0.481. The van der Waals surface area contributed by atoms with Crippen molar-refractivity contribution in [1.82, 2.24) is 0 Å². The van der Waals surface area contributed by atoms with E-state index in [1.807, 2.05) is 0 Å². The van der Waals surface area contributed by atoms with Crippen LogP contribution in [-0.2, 0) is 9.47 Å². The molecule has 2 atom stereocenters. The summed E-state index contributed by atoms with van der Waals surface area (Å²) in [6.07, 6.45) is 1.26. The molecule has 0 aromatic heterocycles. The zero-order valence-corrected chi connectivity index (χ0v) is 7.37. The first-order chi connectivity index (χ1) is 6.48. The van der Waals surface area contributed by atoms with E-state index in [0.29, 0.717) is 6.08 Å². The maximum atomic E-state index is 13.6. The number of alkyl halides is 1. The summed E-state index contributed by atoms with van der Waals surface area (Å²) in [5, 5.41) is 0. The molecule has 0 aromatic rings. The van der Waals surface area contributed by atoms with Crippen LogP contribution in [-0.4, -0.2) is 25.2 Å². The molecule has 0 radical (unpaired) electrons. The Kier molecular flexibility index (Phi) is 2.85. The highest BCUT2D eigenvalue weighted by Crippen LogP contribution is 2.27. The van der Waals surface area contributed by atoms with E-state index in [0.717, 1.165) is 19.3 Å². The van der Waals surface area contributed by atoms with Gasteiger partial charge in [-0.15, -0.1) is 0 Å². The lowest BCUT2D eigenvalue weighted by Crippen LogP contribution is -2.46. The van der Waals surface area contributed by atoms with Gasteiger partial charge in [0, 0.05) is 6.08 Å². The van der Waals surface area contributed by atoms with Crippen LogP contribution in [0.15, 0.2) is 24.1 Å². The number of hydrogen-bond donors (Lipinski definition) is 1. The topological polar surface area (TPSA) is 61.5 Å². The Morgan fingerprint density at radius 2 is 2.36 bits per heavy atom. The highest BCUT2D eigenvalue weighted by molar-refractivity contribution is 5.60. The minimum Gasteiger partial charge on any atom is -0.438 e. The van der Waals surface area contributed by atoms with Crippen molar-refractivity contribution in [2.45, 2.75) is 11.9 Å². The molecule has 0 aromatic carbocycles. The standard InChI is InChI=1S/C8H9F2NO3/c1-13-7(12)14-8(10)4-5(9)2-3-6(8)11/h2-4,6H,11H2,1H3. The number of halogens is 2. The van der Waals surface area contributed by atoms with Crippen LogP contribution in [0.25, 0.3) is 0 Å². The number of ether oxygens (including phenoxy) is 2.